The topological polar surface area (TPSA) is 155 Å². The Morgan fingerprint density at radius 1 is 0.913 bits per heavy atom. The van der Waals surface area contributed by atoms with Crippen molar-refractivity contribution in [3.05, 3.63) is 0 Å². The van der Waals surface area contributed by atoms with E-state index in [4.69, 9.17) is 29.2 Å². The van der Waals surface area contributed by atoms with Crippen molar-refractivity contribution in [1.29, 1.82) is 0 Å². The molecule has 1 aliphatic heterocycles. The third-order valence-electron chi connectivity index (χ3n) is 3.19. The van der Waals surface area contributed by atoms with E-state index < -0.39 is 43.3 Å². The predicted molar refractivity (Wildman–Crippen MR) is 73.6 cm³/mol. The van der Waals surface area contributed by atoms with Crippen LogP contribution < -0.4 is 0 Å². The first kappa shape index (κ1) is 20.2. The number of aliphatic carboxylic acids is 1. The van der Waals surface area contributed by atoms with Gasteiger partial charge in [0.15, 0.2) is 6.29 Å². The van der Waals surface area contributed by atoms with Gasteiger partial charge in [-0.3, -0.25) is 4.79 Å². The van der Waals surface area contributed by atoms with Crippen molar-refractivity contribution in [1.82, 2.24) is 0 Å². The molecule has 1 aliphatic rings. The van der Waals surface area contributed by atoms with Crippen molar-refractivity contribution >= 4 is 5.97 Å². The van der Waals surface area contributed by atoms with Crippen LogP contribution in [-0.2, 0) is 23.7 Å². The molecule has 1 saturated heterocycles. The summed E-state index contributed by atoms with van der Waals surface area (Å²) in [6.07, 6.45) is -6.60. The van der Waals surface area contributed by atoms with Gasteiger partial charge in [-0.1, -0.05) is 0 Å². The van der Waals surface area contributed by atoms with Gasteiger partial charge in [0.25, 0.3) is 0 Å². The second-order valence-electron chi connectivity index (χ2n) is 4.94. The highest BCUT2D eigenvalue weighted by molar-refractivity contribution is 5.66. The summed E-state index contributed by atoms with van der Waals surface area (Å²) >= 11 is 0. The third kappa shape index (κ3) is 7.06. The zero-order chi connectivity index (χ0) is 17.2. The van der Waals surface area contributed by atoms with E-state index in [1.54, 1.807) is 0 Å². The number of hydrogen-bond acceptors (Lipinski definition) is 9. The maximum atomic E-state index is 10.2. The molecule has 5 unspecified atom stereocenters. The zero-order valence-corrected chi connectivity index (χ0v) is 12.6. The standard InChI is InChI=1S/C13H24O10/c14-7-8-10(17)11(18)12(19)13(23-8)22-6-5-21-4-3-20-2-1-9(15)16/h8,10-14,17-19H,1-7H2,(H,15,16). The van der Waals surface area contributed by atoms with Crippen molar-refractivity contribution < 1.29 is 49.3 Å². The molecule has 0 spiro atoms. The van der Waals surface area contributed by atoms with Crippen molar-refractivity contribution in [3.63, 3.8) is 0 Å². The highest BCUT2D eigenvalue weighted by Crippen LogP contribution is 2.21. The molecule has 10 heteroatoms. The lowest BCUT2D eigenvalue weighted by Gasteiger charge is -2.39. The Morgan fingerprint density at radius 3 is 2.13 bits per heavy atom. The minimum absolute atomic E-state index is 0.0534. The first-order valence-electron chi connectivity index (χ1n) is 7.26. The highest BCUT2D eigenvalue weighted by atomic mass is 16.7. The first-order chi connectivity index (χ1) is 11.0. The Morgan fingerprint density at radius 2 is 1.52 bits per heavy atom. The van der Waals surface area contributed by atoms with Gasteiger partial charge in [-0.25, -0.2) is 0 Å². The second kappa shape index (κ2) is 10.8. The Balaban J connectivity index is 2.09. The number of carboxylic acid groups (broad SMARTS) is 1. The lowest BCUT2D eigenvalue weighted by Crippen LogP contribution is -2.59. The first-order valence-corrected chi connectivity index (χ1v) is 7.26. The number of aliphatic hydroxyl groups excluding tert-OH is 4. The van der Waals surface area contributed by atoms with Crippen LogP contribution >= 0.6 is 0 Å². The van der Waals surface area contributed by atoms with Crippen molar-refractivity contribution in [2.45, 2.75) is 37.1 Å². The van der Waals surface area contributed by atoms with Crippen LogP contribution in [0.4, 0.5) is 0 Å². The van der Waals surface area contributed by atoms with Crippen molar-refractivity contribution in [2.75, 3.05) is 39.6 Å². The van der Waals surface area contributed by atoms with Crippen LogP contribution in [0.5, 0.6) is 0 Å². The molecule has 0 radical (unpaired) electrons. The van der Waals surface area contributed by atoms with Crippen LogP contribution in [0.2, 0.25) is 0 Å². The van der Waals surface area contributed by atoms with E-state index in [0.29, 0.717) is 0 Å². The van der Waals surface area contributed by atoms with Gasteiger partial charge in [0.2, 0.25) is 0 Å². The van der Waals surface area contributed by atoms with Gasteiger partial charge in [-0.15, -0.1) is 0 Å². The van der Waals surface area contributed by atoms with Crippen LogP contribution in [0.15, 0.2) is 0 Å². The Kier molecular flexibility index (Phi) is 9.52. The molecule has 0 aromatic carbocycles. The number of carboxylic acids is 1. The van der Waals surface area contributed by atoms with Gasteiger partial charge in [-0.05, 0) is 0 Å². The predicted octanol–water partition coefficient (Wildman–Crippen LogP) is -2.69. The number of aliphatic hydroxyl groups is 4. The highest BCUT2D eigenvalue weighted by Gasteiger charge is 2.43. The smallest absolute Gasteiger partial charge is 0.305 e. The molecule has 5 atom stereocenters. The minimum Gasteiger partial charge on any atom is -0.481 e. The van der Waals surface area contributed by atoms with Crippen molar-refractivity contribution in [2.24, 2.45) is 0 Å². The quantitative estimate of drug-likeness (QED) is 0.251. The average Bonchev–Trinajstić information content (AvgIpc) is 2.52. The van der Waals surface area contributed by atoms with Gasteiger partial charge in [0.05, 0.1) is 46.1 Å². The summed E-state index contributed by atoms with van der Waals surface area (Å²) in [5, 5.41) is 46.3. The third-order valence-corrected chi connectivity index (χ3v) is 3.19. The lowest BCUT2D eigenvalue weighted by atomic mass is 9.99. The van der Waals surface area contributed by atoms with Gasteiger partial charge >= 0.3 is 5.97 Å². The SMILES string of the molecule is O=C(O)CCOCCOCCOC1OC(CO)C(O)C(O)C1O. The molecule has 23 heavy (non-hydrogen) atoms. The van der Waals surface area contributed by atoms with Crippen LogP contribution in [0, 0.1) is 0 Å². The minimum atomic E-state index is -1.48. The normalized spacial score (nSPS) is 31.2. The number of hydrogen-bond donors (Lipinski definition) is 5. The molecule has 5 N–H and O–H groups in total. The van der Waals surface area contributed by atoms with Crippen LogP contribution in [-0.4, -0.2) is 102 Å². The number of carbonyl (C=O) groups is 1. The molecular weight excluding hydrogens is 316 g/mol. The summed E-state index contributed by atoms with van der Waals surface area (Å²) in [4.78, 5) is 10.2. The summed E-state index contributed by atoms with van der Waals surface area (Å²) < 4.78 is 20.5. The molecule has 0 aromatic rings. The van der Waals surface area contributed by atoms with Crippen LogP contribution in [0.25, 0.3) is 0 Å². The molecule has 10 nitrogen and oxygen atoms in total. The number of rotatable bonds is 11. The zero-order valence-electron chi connectivity index (χ0n) is 12.6. The summed E-state index contributed by atoms with van der Waals surface area (Å²) in [5.74, 6) is -0.932. The number of ether oxygens (including phenoxy) is 4. The fourth-order valence-corrected chi connectivity index (χ4v) is 1.91. The molecule has 1 fully saturated rings. The van der Waals surface area contributed by atoms with Gasteiger partial charge < -0.3 is 44.5 Å². The van der Waals surface area contributed by atoms with Gasteiger partial charge in [-0.2, -0.15) is 0 Å². The lowest BCUT2D eigenvalue weighted by molar-refractivity contribution is -0.302. The largest absolute Gasteiger partial charge is 0.481 e. The van der Waals surface area contributed by atoms with E-state index >= 15 is 0 Å². The van der Waals surface area contributed by atoms with E-state index in [9.17, 15) is 20.1 Å². The Labute approximate surface area is 133 Å². The van der Waals surface area contributed by atoms with E-state index in [-0.39, 0.29) is 39.5 Å². The van der Waals surface area contributed by atoms with Crippen molar-refractivity contribution in [3.8, 4) is 0 Å². The summed E-state index contributed by atoms with van der Waals surface area (Å²) in [6, 6.07) is 0. The summed E-state index contributed by atoms with van der Waals surface area (Å²) in [5.41, 5.74) is 0. The Hall–Kier alpha value is -0.850. The van der Waals surface area contributed by atoms with E-state index in [2.05, 4.69) is 0 Å². The van der Waals surface area contributed by atoms with E-state index in [1.807, 2.05) is 0 Å². The molecule has 0 aromatic heterocycles. The molecule has 1 heterocycles. The molecule has 0 saturated carbocycles. The van der Waals surface area contributed by atoms with Crippen LogP contribution in [0.3, 0.4) is 0 Å². The molecular formula is C13H24O10. The second-order valence-corrected chi connectivity index (χ2v) is 4.94. The Bertz CT molecular complexity index is 337. The summed E-state index contributed by atoms with van der Waals surface area (Å²) in [7, 11) is 0. The fraction of sp³-hybridized carbons (Fsp3) is 0.923. The molecule has 0 amide bonds. The molecule has 136 valence electrons. The maximum Gasteiger partial charge on any atom is 0.305 e. The molecule has 0 bridgehead atoms. The summed E-state index contributed by atoms with van der Waals surface area (Å²) in [6.45, 7) is 0.301. The van der Waals surface area contributed by atoms with E-state index in [0.717, 1.165) is 0 Å². The van der Waals surface area contributed by atoms with Gasteiger partial charge in [0, 0.05) is 0 Å². The van der Waals surface area contributed by atoms with E-state index in [1.165, 1.54) is 0 Å². The monoisotopic (exact) mass is 340 g/mol. The molecule has 1 rings (SSSR count). The van der Waals surface area contributed by atoms with Crippen LogP contribution in [0.1, 0.15) is 6.42 Å². The van der Waals surface area contributed by atoms with Gasteiger partial charge in [0.1, 0.15) is 24.4 Å². The maximum absolute atomic E-state index is 10.2. The average molecular weight is 340 g/mol. The fourth-order valence-electron chi connectivity index (χ4n) is 1.91. The molecule has 0 aliphatic carbocycles.